The van der Waals surface area contributed by atoms with Crippen LogP contribution in [-0.4, -0.2) is 47.7 Å². The van der Waals surface area contributed by atoms with Crippen LogP contribution in [0.4, 0.5) is 4.39 Å². The number of amidine groups is 1. The number of benzene rings is 1. The van der Waals surface area contributed by atoms with Gasteiger partial charge in [0.2, 0.25) is 0 Å². The van der Waals surface area contributed by atoms with Gasteiger partial charge in [-0.2, -0.15) is 0 Å². The van der Waals surface area contributed by atoms with Crippen molar-refractivity contribution in [3.05, 3.63) is 29.6 Å². The molecule has 3 heterocycles. The first kappa shape index (κ1) is 16.2. The fraction of sp³-hybridized carbons (Fsp3) is 0.588. The number of hydrogen-bond acceptors (Lipinski definition) is 4. The number of piperidine rings is 3. The summed E-state index contributed by atoms with van der Waals surface area (Å²) in [4.78, 5) is 6.97. The fourth-order valence-electron chi connectivity index (χ4n) is 3.44. The van der Waals surface area contributed by atoms with E-state index in [-0.39, 0.29) is 23.5 Å². The summed E-state index contributed by atoms with van der Waals surface area (Å²) in [5.41, 5.74) is 2.34. The van der Waals surface area contributed by atoms with E-state index >= 15 is 0 Å². The molecule has 0 aromatic heterocycles. The molecule has 2 N–H and O–H groups in total. The summed E-state index contributed by atoms with van der Waals surface area (Å²) >= 11 is 0. The Labute approximate surface area is 136 Å². The van der Waals surface area contributed by atoms with Crippen molar-refractivity contribution in [3.63, 3.8) is 0 Å². The fourth-order valence-corrected chi connectivity index (χ4v) is 3.44. The molecule has 1 atom stereocenters. The molecule has 3 aliphatic rings. The molecule has 6 heteroatoms. The highest BCUT2D eigenvalue weighted by atomic mass is 19.1. The molecule has 0 radical (unpaired) electrons. The maximum absolute atomic E-state index is 14.4. The molecule has 0 saturated carbocycles. The molecule has 1 aromatic carbocycles. The minimum atomic E-state index is -0.454. The average Bonchev–Trinajstić information content (AvgIpc) is 2.54. The second-order valence-electron chi connectivity index (χ2n) is 6.60. The van der Waals surface area contributed by atoms with Gasteiger partial charge in [-0.15, -0.1) is 0 Å². The second kappa shape index (κ2) is 6.84. The Morgan fingerprint density at radius 2 is 2.13 bits per heavy atom. The highest BCUT2D eigenvalue weighted by molar-refractivity contribution is 5.98. The highest BCUT2D eigenvalue weighted by Crippen LogP contribution is 2.30. The van der Waals surface area contributed by atoms with E-state index < -0.39 is 5.82 Å². The highest BCUT2D eigenvalue weighted by Gasteiger charge is 2.34. The van der Waals surface area contributed by atoms with Gasteiger partial charge in [0.15, 0.2) is 5.84 Å². The Bertz CT molecular complexity index is 583. The monoisotopic (exact) mass is 321 g/mol. The minimum Gasteiger partial charge on any atom is -0.491 e. The molecular weight excluding hydrogens is 297 g/mol. The lowest BCUT2D eigenvalue weighted by Gasteiger charge is -2.43. The van der Waals surface area contributed by atoms with Gasteiger partial charge in [-0.3, -0.25) is 15.7 Å². The molecule has 3 saturated heterocycles. The van der Waals surface area contributed by atoms with E-state index in [1.54, 1.807) is 12.1 Å². The number of ether oxygens (including phenoxy) is 1. The molecule has 23 heavy (non-hydrogen) atoms. The van der Waals surface area contributed by atoms with Crippen LogP contribution in [-0.2, 0) is 0 Å². The number of hydrogen-bond donors (Lipinski definition) is 2. The van der Waals surface area contributed by atoms with Crippen molar-refractivity contribution in [1.82, 2.24) is 10.4 Å². The Hall–Kier alpha value is -1.66. The van der Waals surface area contributed by atoms with E-state index in [9.17, 15) is 9.60 Å². The first-order valence-corrected chi connectivity index (χ1v) is 8.23. The van der Waals surface area contributed by atoms with E-state index in [0.717, 1.165) is 32.5 Å². The standard InChI is InChI=1S/C17H24FN3O2/c1-11(2)23-13-3-4-14(15(18)9-13)17(20-22)19-16-10-21-7-5-12(16)6-8-21/h3-4,9,11-12,16,22H,5-8,10H2,1-2H3,(H,19,20)/t16-/m0/s1. The second-order valence-corrected chi connectivity index (χ2v) is 6.60. The lowest BCUT2D eigenvalue weighted by Crippen LogP contribution is -2.50. The molecule has 4 rings (SSSR count). The summed E-state index contributed by atoms with van der Waals surface area (Å²) < 4.78 is 19.8. The SMILES string of the molecule is CC(C)Oc1ccc(C(=N[C@H]2CN3CCC2CC3)NO)c(F)c1. The van der Waals surface area contributed by atoms with Crippen molar-refractivity contribution in [3.8, 4) is 5.75 Å². The van der Waals surface area contributed by atoms with Crippen molar-refractivity contribution < 1.29 is 14.3 Å². The predicted molar refractivity (Wildman–Crippen MR) is 86.6 cm³/mol. The molecule has 126 valence electrons. The summed E-state index contributed by atoms with van der Waals surface area (Å²) in [7, 11) is 0. The molecule has 3 aliphatic heterocycles. The Morgan fingerprint density at radius 3 is 2.65 bits per heavy atom. The maximum atomic E-state index is 14.4. The number of rotatable bonds is 4. The molecule has 0 amide bonds. The van der Waals surface area contributed by atoms with E-state index in [1.165, 1.54) is 6.07 Å². The van der Waals surface area contributed by atoms with Gasteiger partial charge in [0, 0.05) is 12.6 Å². The van der Waals surface area contributed by atoms with Crippen molar-refractivity contribution in [2.45, 2.75) is 38.8 Å². The molecule has 2 bridgehead atoms. The first-order chi connectivity index (χ1) is 11.1. The van der Waals surface area contributed by atoms with Crippen LogP contribution < -0.4 is 10.2 Å². The number of hydroxylamine groups is 1. The van der Waals surface area contributed by atoms with Crippen LogP contribution in [0.15, 0.2) is 23.2 Å². The van der Waals surface area contributed by atoms with Crippen LogP contribution in [0.2, 0.25) is 0 Å². The average molecular weight is 321 g/mol. The lowest BCUT2D eigenvalue weighted by molar-refractivity contribution is 0.0898. The van der Waals surface area contributed by atoms with Crippen molar-refractivity contribution in [2.24, 2.45) is 10.9 Å². The lowest BCUT2D eigenvalue weighted by atomic mass is 9.84. The van der Waals surface area contributed by atoms with Crippen LogP contribution in [0.3, 0.4) is 0 Å². The zero-order valence-corrected chi connectivity index (χ0v) is 13.6. The van der Waals surface area contributed by atoms with Crippen molar-refractivity contribution in [2.75, 3.05) is 19.6 Å². The Kier molecular flexibility index (Phi) is 4.82. The van der Waals surface area contributed by atoms with Gasteiger partial charge in [-0.1, -0.05) is 0 Å². The van der Waals surface area contributed by atoms with E-state index in [2.05, 4.69) is 15.4 Å². The van der Waals surface area contributed by atoms with Crippen LogP contribution >= 0.6 is 0 Å². The summed E-state index contributed by atoms with van der Waals surface area (Å²) in [6.07, 6.45) is 2.23. The van der Waals surface area contributed by atoms with Gasteiger partial charge in [-0.05, 0) is 57.8 Å². The van der Waals surface area contributed by atoms with Crippen molar-refractivity contribution >= 4 is 5.84 Å². The third-order valence-electron chi connectivity index (χ3n) is 4.59. The quantitative estimate of drug-likeness (QED) is 0.508. The normalized spacial score (nSPS) is 27.3. The topological polar surface area (TPSA) is 57.1 Å². The van der Waals surface area contributed by atoms with Crippen molar-refractivity contribution in [1.29, 1.82) is 0 Å². The summed E-state index contributed by atoms with van der Waals surface area (Å²) in [5, 5.41) is 9.43. The molecule has 5 nitrogen and oxygen atoms in total. The van der Waals surface area contributed by atoms with Crippen LogP contribution in [0, 0.1) is 11.7 Å². The van der Waals surface area contributed by atoms with Crippen LogP contribution in [0.25, 0.3) is 0 Å². The zero-order chi connectivity index (χ0) is 16.4. The molecule has 1 aromatic rings. The summed E-state index contributed by atoms with van der Waals surface area (Å²) in [5.74, 6) is 0.735. The Morgan fingerprint density at radius 1 is 1.39 bits per heavy atom. The minimum absolute atomic E-state index is 0.0174. The molecule has 0 spiro atoms. The van der Waals surface area contributed by atoms with Gasteiger partial charge in [-0.25, -0.2) is 4.39 Å². The maximum Gasteiger partial charge on any atom is 0.155 e. The molecule has 0 unspecified atom stereocenters. The largest absolute Gasteiger partial charge is 0.491 e. The number of nitrogens with zero attached hydrogens (tertiary/aromatic N) is 2. The summed E-state index contributed by atoms with van der Waals surface area (Å²) in [6, 6.07) is 4.73. The van der Waals surface area contributed by atoms with Crippen LogP contribution in [0.5, 0.6) is 5.75 Å². The van der Waals surface area contributed by atoms with E-state index in [0.29, 0.717) is 11.7 Å². The Balaban J connectivity index is 1.81. The zero-order valence-electron chi connectivity index (χ0n) is 13.6. The third kappa shape index (κ3) is 3.64. The molecule has 3 fully saturated rings. The molecular formula is C17H24FN3O2. The van der Waals surface area contributed by atoms with E-state index in [4.69, 9.17) is 4.74 Å². The van der Waals surface area contributed by atoms with Gasteiger partial charge >= 0.3 is 0 Å². The van der Waals surface area contributed by atoms with Gasteiger partial charge < -0.3 is 9.64 Å². The number of halogens is 1. The van der Waals surface area contributed by atoms with E-state index in [1.807, 2.05) is 13.8 Å². The smallest absolute Gasteiger partial charge is 0.155 e. The van der Waals surface area contributed by atoms with Gasteiger partial charge in [0.1, 0.15) is 11.6 Å². The van der Waals surface area contributed by atoms with Gasteiger partial charge in [0.05, 0.1) is 17.7 Å². The number of nitrogens with one attached hydrogen (secondary N) is 1. The van der Waals surface area contributed by atoms with Gasteiger partial charge in [0.25, 0.3) is 0 Å². The summed E-state index contributed by atoms with van der Waals surface area (Å²) in [6.45, 7) is 6.90. The first-order valence-electron chi connectivity index (χ1n) is 8.23. The number of fused-ring (bicyclic) bond motifs is 3. The molecule has 0 aliphatic carbocycles. The number of aliphatic imine (C=N–C) groups is 1. The third-order valence-corrected chi connectivity index (χ3v) is 4.59. The van der Waals surface area contributed by atoms with Crippen LogP contribution in [0.1, 0.15) is 32.3 Å². The predicted octanol–water partition coefficient (Wildman–Crippen LogP) is 2.43.